The molecule has 29 heavy (non-hydrogen) atoms. The summed E-state index contributed by atoms with van der Waals surface area (Å²) in [6.07, 6.45) is 0. The summed E-state index contributed by atoms with van der Waals surface area (Å²) >= 11 is 4.72. The van der Waals surface area contributed by atoms with Crippen LogP contribution in [0.3, 0.4) is 0 Å². The van der Waals surface area contributed by atoms with Crippen LogP contribution in [0.5, 0.6) is 0 Å². The molecule has 5 rings (SSSR count). The van der Waals surface area contributed by atoms with Crippen LogP contribution in [-0.4, -0.2) is 21.6 Å². The summed E-state index contributed by atoms with van der Waals surface area (Å²) < 4.78 is 0. The molecule has 0 aliphatic carbocycles. The summed E-state index contributed by atoms with van der Waals surface area (Å²) in [5.41, 5.74) is 5.23. The SMILES string of the molecule is Cc1ccc(-c2csc(-c3csc(N4C(=O)CSC4c4ccccc4)n3)n2)cc1. The lowest BCUT2D eigenvalue weighted by Crippen LogP contribution is -2.27. The molecule has 7 heteroatoms. The Morgan fingerprint density at radius 3 is 2.48 bits per heavy atom. The van der Waals surface area contributed by atoms with E-state index in [9.17, 15) is 4.79 Å². The number of carbonyl (C=O) groups is 1. The first-order valence-corrected chi connectivity index (χ1v) is 12.0. The number of aromatic nitrogens is 2. The number of hydrogen-bond acceptors (Lipinski definition) is 6. The highest BCUT2D eigenvalue weighted by Crippen LogP contribution is 2.43. The number of thiazole rings is 2. The van der Waals surface area contributed by atoms with Crippen LogP contribution in [0.15, 0.2) is 65.4 Å². The highest BCUT2D eigenvalue weighted by molar-refractivity contribution is 8.00. The summed E-state index contributed by atoms with van der Waals surface area (Å²) in [7, 11) is 0. The first-order chi connectivity index (χ1) is 14.2. The van der Waals surface area contributed by atoms with Crippen molar-refractivity contribution >= 4 is 45.5 Å². The second-order valence-electron chi connectivity index (χ2n) is 6.76. The molecule has 1 saturated heterocycles. The third-order valence-electron chi connectivity index (χ3n) is 4.72. The fourth-order valence-electron chi connectivity index (χ4n) is 3.22. The number of hydrogen-bond donors (Lipinski definition) is 0. The maximum absolute atomic E-state index is 12.6. The van der Waals surface area contributed by atoms with Crippen molar-refractivity contribution in [3.63, 3.8) is 0 Å². The van der Waals surface area contributed by atoms with Crippen LogP contribution < -0.4 is 4.90 Å². The molecule has 1 unspecified atom stereocenters. The van der Waals surface area contributed by atoms with Gasteiger partial charge in [0.1, 0.15) is 16.1 Å². The van der Waals surface area contributed by atoms with Crippen molar-refractivity contribution in [2.45, 2.75) is 12.3 Å². The Bertz CT molecular complexity index is 1150. The minimum absolute atomic E-state index is 0.0258. The van der Waals surface area contributed by atoms with Gasteiger partial charge < -0.3 is 0 Å². The van der Waals surface area contributed by atoms with Gasteiger partial charge in [0.05, 0.1) is 11.4 Å². The highest BCUT2D eigenvalue weighted by Gasteiger charge is 2.35. The van der Waals surface area contributed by atoms with E-state index in [1.807, 2.05) is 28.5 Å². The van der Waals surface area contributed by atoms with Crippen LogP contribution in [0.4, 0.5) is 5.13 Å². The molecule has 4 aromatic rings. The molecule has 144 valence electrons. The van der Waals surface area contributed by atoms with Gasteiger partial charge in [0.2, 0.25) is 5.91 Å². The van der Waals surface area contributed by atoms with E-state index in [0.717, 1.165) is 32.7 Å². The van der Waals surface area contributed by atoms with Gasteiger partial charge >= 0.3 is 0 Å². The average molecular weight is 436 g/mol. The van der Waals surface area contributed by atoms with Crippen molar-refractivity contribution in [1.82, 2.24) is 9.97 Å². The number of benzene rings is 2. The number of anilines is 1. The maximum atomic E-state index is 12.6. The fourth-order valence-corrected chi connectivity index (χ4v) is 6.16. The third-order valence-corrected chi connectivity index (χ3v) is 7.64. The molecule has 4 nitrogen and oxygen atoms in total. The van der Waals surface area contributed by atoms with Crippen molar-refractivity contribution in [1.29, 1.82) is 0 Å². The molecular weight excluding hydrogens is 418 g/mol. The molecule has 0 radical (unpaired) electrons. The molecule has 0 saturated carbocycles. The van der Waals surface area contributed by atoms with Gasteiger partial charge in [-0.25, -0.2) is 9.97 Å². The minimum Gasteiger partial charge on any atom is -0.273 e. The van der Waals surface area contributed by atoms with E-state index in [1.165, 1.54) is 16.9 Å². The molecule has 1 atom stereocenters. The number of aryl methyl sites for hydroxylation is 1. The van der Waals surface area contributed by atoms with E-state index >= 15 is 0 Å². The topological polar surface area (TPSA) is 46.1 Å². The lowest BCUT2D eigenvalue weighted by molar-refractivity contribution is -0.115. The Balaban J connectivity index is 1.43. The van der Waals surface area contributed by atoms with Crippen LogP contribution in [0.25, 0.3) is 22.0 Å². The Labute approximate surface area is 181 Å². The normalized spacial score (nSPS) is 16.5. The van der Waals surface area contributed by atoms with Gasteiger partial charge in [-0.1, -0.05) is 60.2 Å². The number of amides is 1. The van der Waals surface area contributed by atoms with Crippen LogP contribution in [0.2, 0.25) is 0 Å². The second-order valence-corrected chi connectivity index (χ2v) is 9.52. The van der Waals surface area contributed by atoms with Crippen LogP contribution in [0.1, 0.15) is 16.5 Å². The summed E-state index contributed by atoms with van der Waals surface area (Å²) in [6, 6.07) is 18.5. The van der Waals surface area contributed by atoms with E-state index in [0.29, 0.717) is 5.75 Å². The Kier molecular flexibility index (Phi) is 4.95. The fraction of sp³-hybridized carbons (Fsp3) is 0.136. The molecule has 0 N–H and O–H groups in total. The van der Waals surface area contributed by atoms with Crippen LogP contribution in [0, 0.1) is 6.92 Å². The molecule has 1 aliphatic rings. The summed E-state index contributed by atoms with van der Waals surface area (Å²) in [5.74, 6) is 0.577. The zero-order valence-electron chi connectivity index (χ0n) is 15.6. The van der Waals surface area contributed by atoms with Crippen LogP contribution in [-0.2, 0) is 4.79 Å². The Hall–Kier alpha value is -2.48. The zero-order valence-corrected chi connectivity index (χ0v) is 18.1. The molecular formula is C22H17N3OS3. The average Bonchev–Trinajstić information content (AvgIpc) is 3.48. The standard InChI is InChI=1S/C22H17N3OS3/c1-14-7-9-15(10-8-14)17-11-27-20(23-17)18-12-29-22(24-18)25-19(26)13-28-21(25)16-5-3-2-4-6-16/h2-12,21H,13H2,1H3. The summed E-state index contributed by atoms with van der Waals surface area (Å²) in [6.45, 7) is 2.08. The van der Waals surface area contributed by atoms with E-state index in [2.05, 4.69) is 48.7 Å². The summed E-state index contributed by atoms with van der Waals surface area (Å²) in [5, 5.41) is 5.63. The maximum Gasteiger partial charge on any atom is 0.240 e. The molecule has 0 spiro atoms. The minimum atomic E-state index is -0.0258. The van der Waals surface area contributed by atoms with Gasteiger partial charge in [0.25, 0.3) is 0 Å². The molecule has 1 fully saturated rings. The molecule has 3 heterocycles. The van der Waals surface area contributed by atoms with Gasteiger partial charge in [0.15, 0.2) is 5.13 Å². The van der Waals surface area contributed by atoms with Crippen molar-refractivity contribution in [2.75, 3.05) is 10.7 Å². The first kappa shape index (κ1) is 18.5. The number of nitrogens with zero attached hydrogens (tertiary/aromatic N) is 3. The number of thioether (sulfide) groups is 1. The largest absolute Gasteiger partial charge is 0.273 e. The molecule has 1 amide bonds. The van der Waals surface area contributed by atoms with Gasteiger partial charge in [-0.05, 0) is 12.5 Å². The third kappa shape index (κ3) is 3.61. The predicted octanol–water partition coefficient (Wildman–Crippen LogP) is 6.02. The van der Waals surface area contributed by atoms with E-state index < -0.39 is 0 Å². The van der Waals surface area contributed by atoms with E-state index in [-0.39, 0.29) is 11.3 Å². The van der Waals surface area contributed by atoms with E-state index in [4.69, 9.17) is 9.97 Å². The van der Waals surface area contributed by atoms with E-state index in [1.54, 1.807) is 23.1 Å². The lowest BCUT2D eigenvalue weighted by atomic mass is 10.1. The van der Waals surface area contributed by atoms with Crippen molar-refractivity contribution in [3.8, 4) is 22.0 Å². The molecule has 1 aliphatic heterocycles. The second kappa shape index (κ2) is 7.74. The van der Waals surface area contributed by atoms with Gasteiger partial charge in [0, 0.05) is 16.3 Å². The molecule has 0 bridgehead atoms. The van der Waals surface area contributed by atoms with Crippen molar-refractivity contribution in [3.05, 3.63) is 76.5 Å². The van der Waals surface area contributed by atoms with Gasteiger partial charge in [-0.3, -0.25) is 9.69 Å². The first-order valence-electron chi connectivity index (χ1n) is 9.16. The summed E-state index contributed by atoms with van der Waals surface area (Å²) in [4.78, 5) is 23.9. The quantitative estimate of drug-likeness (QED) is 0.393. The predicted molar refractivity (Wildman–Crippen MR) is 123 cm³/mol. The number of carbonyl (C=O) groups excluding carboxylic acids is 1. The Morgan fingerprint density at radius 1 is 0.931 bits per heavy atom. The lowest BCUT2D eigenvalue weighted by Gasteiger charge is -2.21. The highest BCUT2D eigenvalue weighted by atomic mass is 32.2. The number of rotatable bonds is 4. The molecule has 2 aromatic heterocycles. The Morgan fingerprint density at radius 2 is 1.69 bits per heavy atom. The molecule has 2 aromatic carbocycles. The smallest absolute Gasteiger partial charge is 0.240 e. The van der Waals surface area contributed by atoms with Crippen molar-refractivity contribution < 1.29 is 4.79 Å². The van der Waals surface area contributed by atoms with Crippen LogP contribution >= 0.6 is 34.4 Å². The monoisotopic (exact) mass is 435 g/mol. The van der Waals surface area contributed by atoms with Gasteiger partial charge in [-0.15, -0.1) is 34.4 Å². The van der Waals surface area contributed by atoms with Crippen molar-refractivity contribution in [2.24, 2.45) is 0 Å². The van der Waals surface area contributed by atoms with Gasteiger partial charge in [-0.2, -0.15) is 0 Å². The zero-order chi connectivity index (χ0) is 19.8.